The summed E-state index contributed by atoms with van der Waals surface area (Å²) in [6, 6.07) is 14.5. The molecule has 0 unspecified atom stereocenters. The maximum Gasteiger partial charge on any atom is 0.255 e. The highest BCUT2D eigenvalue weighted by Crippen LogP contribution is 2.22. The summed E-state index contributed by atoms with van der Waals surface area (Å²) in [5.41, 5.74) is 3.15. The molecule has 132 valence electrons. The lowest BCUT2D eigenvalue weighted by Gasteiger charge is -2.19. The molecule has 25 heavy (non-hydrogen) atoms. The molecule has 2 aromatic rings. The van der Waals surface area contributed by atoms with Crippen LogP contribution in [0.5, 0.6) is 0 Å². The molecule has 0 aliphatic rings. The first-order valence-corrected chi connectivity index (χ1v) is 8.10. The van der Waals surface area contributed by atoms with Gasteiger partial charge in [-0.3, -0.25) is 9.59 Å². The van der Waals surface area contributed by atoms with Crippen LogP contribution in [0, 0.1) is 0 Å². The number of hydrogen-bond donors (Lipinski definition) is 2. The van der Waals surface area contributed by atoms with Gasteiger partial charge in [0, 0.05) is 24.0 Å². The van der Waals surface area contributed by atoms with Crippen molar-refractivity contribution in [2.45, 2.75) is 26.2 Å². The van der Waals surface area contributed by atoms with Gasteiger partial charge in [-0.25, -0.2) is 0 Å². The van der Waals surface area contributed by atoms with Crippen LogP contribution >= 0.6 is 0 Å². The van der Waals surface area contributed by atoms with Gasteiger partial charge in [-0.1, -0.05) is 32.9 Å². The first-order chi connectivity index (χ1) is 11.8. The average molecular weight is 340 g/mol. The molecule has 0 aliphatic carbocycles. The highest BCUT2D eigenvalue weighted by atomic mass is 16.5. The third-order valence-electron chi connectivity index (χ3n) is 3.72. The first-order valence-electron chi connectivity index (χ1n) is 8.10. The van der Waals surface area contributed by atoms with E-state index in [1.54, 1.807) is 24.3 Å². The molecular formula is C20H24N2O3. The quantitative estimate of drug-likeness (QED) is 0.869. The molecule has 5 heteroatoms. The topological polar surface area (TPSA) is 67.4 Å². The fourth-order valence-electron chi connectivity index (χ4n) is 2.29. The highest BCUT2D eigenvalue weighted by molar-refractivity contribution is 6.04. The van der Waals surface area contributed by atoms with Crippen LogP contribution in [-0.4, -0.2) is 25.5 Å². The third kappa shape index (κ3) is 5.43. The normalized spacial score (nSPS) is 11.0. The van der Waals surface area contributed by atoms with Crippen LogP contribution < -0.4 is 10.6 Å². The highest BCUT2D eigenvalue weighted by Gasteiger charge is 2.14. The number of amides is 2. The molecule has 0 aromatic heterocycles. The van der Waals surface area contributed by atoms with Gasteiger partial charge >= 0.3 is 0 Å². The van der Waals surface area contributed by atoms with Crippen LogP contribution in [0.15, 0.2) is 48.5 Å². The molecule has 2 N–H and O–H groups in total. The Kier molecular flexibility index (Phi) is 5.93. The molecule has 0 bridgehead atoms. The van der Waals surface area contributed by atoms with E-state index in [4.69, 9.17) is 4.74 Å². The zero-order valence-electron chi connectivity index (χ0n) is 15.1. The van der Waals surface area contributed by atoms with Gasteiger partial charge in [0.15, 0.2) is 0 Å². The Morgan fingerprint density at radius 3 is 1.88 bits per heavy atom. The van der Waals surface area contributed by atoms with Crippen molar-refractivity contribution in [2.75, 3.05) is 24.4 Å². The lowest BCUT2D eigenvalue weighted by molar-refractivity contribution is -0.119. The Hall–Kier alpha value is -2.66. The molecule has 2 aromatic carbocycles. The Labute approximate surface area is 148 Å². The van der Waals surface area contributed by atoms with E-state index in [-0.39, 0.29) is 23.8 Å². The SMILES string of the molecule is COCC(=O)Nc1ccc(NC(=O)c2ccc(C(C)(C)C)cc2)cc1. The number of hydrogen-bond acceptors (Lipinski definition) is 3. The largest absolute Gasteiger partial charge is 0.375 e. The van der Waals surface area contributed by atoms with Crippen LogP contribution in [0.1, 0.15) is 36.7 Å². The van der Waals surface area contributed by atoms with Gasteiger partial charge in [-0.2, -0.15) is 0 Å². The van der Waals surface area contributed by atoms with Crippen molar-refractivity contribution in [3.8, 4) is 0 Å². The van der Waals surface area contributed by atoms with Crippen LogP contribution in [-0.2, 0) is 14.9 Å². The maximum atomic E-state index is 12.3. The smallest absolute Gasteiger partial charge is 0.255 e. The number of nitrogens with one attached hydrogen (secondary N) is 2. The number of carbonyl (C=O) groups excluding carboxylic acids is 2. The average Bonchev–Trinajstić information content (AvgIpc) is 2.56. The molecule has 5 nitrogen and oxygen atoms in total. The molecule has 0 atom stereocenters. The van der Waals surface area contributed by atoms with Crippen LogP contribution in [0.3, 0.4) is 0 Å². The van der Waals surface area contributed by atoms with E-state index in [9.17, 15) is 9.59 Å². The first kappa shape index (κ1) is 18.7. The molecule has 0 fully saturated rings. The Morgan fingerprint density at radius 2 is 1.40 bits per heavy atom. The minimum atomic E-state index is -0.224. The van der Waals surface area contributed by atoms with Gasteiger partial charge in [0.05, 0.1) is 0 Å². The minimum absolute atomic E-state index is 0.00302. The number of methoxy groups -OCH3 is 1. The van der Waals surface area contributed by atoms with Crippen LogP contribution in [0.25, 0.3) is 0 Å². The molecule has 0 saturated carbocycles. The fraction of sp³-hybridized carbons (Fsp3) is 0.300. The third-order valence-corrected chi connectivity index (χ3v) is 3.72. The van der Waals surface area contributed by atoms with E-state index in [1.807, 2.05) is 24.3 Å². The van der Waals surface area contributed by atoms with Gasteiger partial charge in [-0.05, 0) is 47.4 Å². The lowest BCUT2D eigenvalue weighted by atomic mass is 9.87. The Bertz CT molecular complexity index is 729. The van der Waals surface area contributed by atoms with Crippen molar-refractivity contribution in [2.24, 2.45) is 0 Å². The zero-order valence-corrected chi connectivity index (χ0v) is 15.1. The van der Waals surface area contributed by atoms with Crippen molar-refractivity contribution in [1.82, 2.24) is 0 Å². The van der Waals surface area contributed by atoms with Gasteiger partial charge in [0.25, 0.3) is 5.91 Å². The van der Waals surface area contributed by atoms with E-state index < -0.39 is 0 Å². The van der Waals surface area contributed by atoms with Crippen LogP contribution in [0.4, 0.5) is 11.4 Å². The molecule has 0 radical (unpaired) electrons. The summed E-state index contributed by atoms with van der Waals surface area (Å²) < 4.78 is 4.76. The van der Waals surface area contributed by atoms with Gasteiger partial charge in [-0.15, -0.1) is 0 Å². The second kappa shape index (κ2) is 7.94. The van der Waals surface area contributed by atoms with Gasteiger partial charge in [0.1, 0.15) is 6.61 Å². The fourth-order valence-corrected chi connectivity index (χ4v) is 2.29. The molecular weight excluding hydrogens is 316 g/mol. The zero-order chi connectivity index (χ0) is 18.4. The summed E-state index contributed by atoms with van der Waals surface area (Å²) in [4.78, 5) is 23.8. The molecule has 0 spiro atoms. The molecule has 0 aliphatic heterocycles. The number of anilines is 2. The second-order valence-corrected chi connectivity index (χ2v) is 6.84. The van der Waals surface area contributed by atoms with E-state index in [0.717, 1.165) is 0 Å². The van der Waals surface area contributed by atoms with Crippen molar-refractivity contribution in [3.63, 3.8) is 0 Å². The van der Waals surface area contributed by atoms with Gasteiger partial charge < -0.3 is 15.4 Å². The van der Waals surface area contributed by atoms with Crippen molar-refractivity contribution < 1.29 is 14.3 Å². The number of carbonyl (C=O) groups is 2. The number of rotatable bonds is 5. The van der Waals surface area contributed by atoms with E-state index in [1.165, 1.54) is 12.7 Å². The molecule has 2 rings (SSSR count). The van der Waals surface area contributed by atoms with E-state index in [0.29, 0.717) is 16.9 Å². The lowest BCUT2D eigenvalue weighted by Crippen LogP contribution is -2.17. The maximum absolute atomic E-state index is 12.3. The molecule has 0 heterocycles. The summed E-state index contributed by atoms with van der Waals surface area (Å²) in [5.74, 6) is -0.394. The predicted molar refractivity (Wildman–Crippen MR) is 100 cm³/mol. The van der Waals surface area contributed by atoms with Crippen molar-refractivity contribution in [1.29, 1.82) is 0 Å². The van der Waals surface area contributed by atoms with E-state index >= 15 is 0 Å². The molecule has 0 saturated heterocycles. The van der Waals surface area contributed by atoms with Crippen molar-refractivity contribution >= 4 is 23.2 Å². The number of benzene rings is 2. The summed E-state index contributed by atoms with van der Waals surface area (Å²) in [7, 11) is 1.46. The summed E-state index contributed by atoms with van der Waals surface area (Å²) in [5, 5.41) is 5.54. The summed E-state index contributed by atoms with van der Waals surface area (Å²) in [6.45, 7) is 6.40. The van der Waals surface area contributed by atoms with Crippen molar-refractivity contribution in [3.05, 3.63) is 59.7 Å². The monoisotopic (exact) mass is 340 g/mol. The summed E-state index contributed by atoms with van der Waals surface area (Å²) >= 11 is 0. The molecule has 2 amide bonds. The van der Waals surface area contributed by atoms with E-state index in [2.05, 4.69) is 31.4 Å². The number of ether oxygens (including phenoxy) is 1. The van der Waals surface area contributed by atoms with Gasteiger partial charge in [0.2, 0.25) is 5.91 Å². The van der Waals surface area contributed by atoms with Crippen LogP contribution in [0.2, 0.25) is 0 Å². The Balaban J connectivity index is 1.99. The predicted octanol–water partition coefficient (Wildman–Crippen LogP) is 3.82. The summed E-state index contributed by atoms with van der Waals surface area (Å²) in [6.07, 6.45) is 0. The second-order valence-electron chi connectivity index (χ2n) is 6.84. The Morgan fingerprint density at radius 1 is 0.880 bits per heavy atom. The standard InChI is InChI=1S/C20H24N2O3/c1-20(2,3)15-7-5-14(6-8-15)19(24)22-17-11-9-16(10-12-17)21-18(23)13-25-4/h5-12H,13H2,1-4H3,(H,21,23)(H,22,24). The minimum Gasteiger partial charge on any atom is -0.375 e.